The fraction of sp³-hybridized carbons (Fsp3) is 0.448. The van der Waals surface area contributed by atoms with Gasteiger partial charge in [0.25, 0.3) is 0 Å². The van der Waals surface area contributed by atoms with Crippen LogP contribution in [0.4, 0.5) is 0 Å². The van der Waals surface area contributed by atoms with Gasteiger partial charge in [-0.2, -0.15) is 0 Å². The number of unbranched alkanes of at least 4 members (excludes halogenated alkanes) is 1. The van der Waals surface area contributed by atoms with Crippen LogP contribution in [0.1, 0.15) is 36.3 Å². The van der Waals surface area contributed by atoms with Crippen LogP contribution in [-0.2, 0) is 16.0 Å². The Kier molecular flexibility index (Phi) is 8.80. The molecule has 1 N–H and O–H groups in total. The molecule has 2 aromatic carbocycles. The number of carbonyl (C=O) groups excluding carboxylic acids is 2. The van der Waals surface area contributed by atoms with Gasteiger partial charge < -0.3 is 10.0 Å². The van der Waals surface area contributed by atoms with Crippen LogP contribution in [0.15, 0.2) is 72.3 Å². The number of benzene rings is 2. The van der Waals surface area contributed by atoms with Gasteiger partial charge in [0.2, 0.25) is 0 Å². The first-order valence-corrected chi connectivity index (χ1v) is 12.6. The van der Waals surface area contributed by atoms with E-state index in [-0.39, 0.29) is 30.0 Å². The van der Waals surface area contributed by atoms with E-state index in [1.165, 1.54) is 0 Å². The average Bonchev–Trinajstić information content (AvgIpc) is 2.87. The van der Waals surface area contributed by atoms with Gasteiger partial charge in [0.15, 0.2) is 11.6 Å². The predicted octanol–water partition coefficient (Wildman–Crippen LogP) is 3.49. The van der Waals surface area contributed by atoms with Crippen LogP contribution in [0.25, 0.3) is 0 Å². The van der Waals surface area contributed by atoms with Gasteiger partial charge in [-0.25, -0.2) is 0 Å². The molecule has 1 saturated heterocycles. The third-order valence-electron chi connectivity index (χ3n) is 7.17. The highest BCUT2D eigenvalue weighted by molar-refractivity contribution is 6.24. The lowest BCUT2D eigenvalue weighted by molar-refractivity contribution is -0.128. The Morgan fingerprint density at radius 2 is 1.44 bits per heavy atom. The van der Waals surface area contributed by atoms with Gasteiger partial charge in [-0.15, -0.1) is 0 Å². The van der Waals surface area contributed by atoms with E-state index >= 15 is 0 Å². The largest absolute Gasteiger partial charge is 0.395 e. The molecule has 0 aromatic heterocycles. The van der Waals surface area contributed by atoms with Gasteiger partial charge >= 0.3 is 0 Å². The second kappa shape index (κ2) is 12.2. The van der Waals surface area contributed by atoms with Crippen molar-refractivity contribution in [3.05, 3.63) is 83.4 Å². The summed E-state index contributed by atoms with van der Waals surface area (Å²) in [7, 11) is 0. The van der Waals surface area contributed by atoms with E-state index in [2.05, 4.69) is 21.9 Å². The molecule has 0 amide bonds. The smallest absolute Gasteiger partial charge is 0.173 e. The summed E-state index contributed by atoms with van der Waals surface area (Å²) in [6.45, 7) is 5.90. The SMILES string of the molecule is O=C1/C(=C/CCCN2CCN(CCO)CC2)C(=O)[C@H](c2ccccc2)CC1Cc1ccccc1. The van der Waals surface area contributed by atoms with Crippen molar-refractivity contribution >= 4 is 11.6 Å². The van der Waals surface area contributed by atoms with Gasteiger partial charge in [-0.1, -0.05) is 66.7 Å². The van der Waals surface area contributed by atoms with Crippen LogP contribution in [0, 0.1) is 5.92 Å². The summed E-state index contributed by atoms with van der Waals surface area (Å²) in [6.07, 6.45) is 4.84. The Bertz CT molecular complexity index is 965. The molecule has 1 aliphatic heterocycles. The zero-order valence-electron chi connectivity index (χ0n) is 19.9. The topological polar surface area (TPSA) is 60.9 Å². The number of piperazine rings is 1. The Morgan fingerprint density at radius 3 is 2.09 bits per heavy atom. The molecule has 4 rings (SSSR count). The molecular formula is C29H36N2O3. The first-order chi connectivity index (χ1) is 16.7. The Balaban J connectivity index is 1.41. The number of hydrogen-bond acceptors (Lipinski definition) is 5. The number of rotatable bonds is 9. The van der Waals surface area contributed by atoms with E-state index in [0.717, 1.165) is 63.2 Å². The number of ketones is 2. The third-order valence-corrected chi connectivity index (χ3v) is 7.17. The van der Waals surface area contributed by atoms with E-state index in [4.69, 9.17) is 5.11 Å². The molecule has 0 bridgehead atoms. The molecule has 2 atom stereocenters. The predicted molar refractivity (Wildman–Crippen MR) is 135 cm³/mol. The summed E-state index contributed by atoms with van der Waals surface area (Å²) in [6, 6.07) is 20.0. The zero-order valence-corrected chi connectivity index (χ0v) is 19.9. The number of aliphatic hydroxyl groups is 1. The molecule has 0 spiro atoms. The maximum Gasteiger partial charge on any atom is 0.173 e. The number of aliphatic hydroxyl groups excluding tert-OH is 1. The second-order valence-electron chi connectivity index (χ2n) is 9.48. The lowest BCUT2D eigenvalue weighted by Gasteiger charge is -2.34. The molecule has 34 heavy (non-hydrogen) atoms. The van der Waals surface area contributed by atoms with Crippen molar-refractivity contribution in [1.29, 1.82) is 0 Å². The van der Waals surface area contributed by atoms with Crippen LogP contribution < -0.4 is 0 Å². The summed E-state index contributed by atoms with van der Waals surface area (Å²) < 4.78 is 0. The van der Waals surface area contributed by atoms with Crippen LogP contribution in [0.2, 0.25) is 0 Å². The average molecular weight is 461 g/mol. The number of β-amino-alcohol motifs (C(OH)–C–C–N with tert-alkyl or cyclic N) is 1. The number of nitrogens with zero attached hydrogens (tertiary/aromatic N) is 2. The Morgan fingerprint density at radius 1 is 0.824 bits per heavy atom. The van der Waals surface area contributed by atoms with Gasteiger partial charge in [0, 0.05) is 44.6 Å². The van der Waals surface area contributed by atoms with Crippen LogP contribution in [0.5, 0.6) is 0 Å². The van der Waals surface area contributed by atoms with Crippen molar-refractivity contribution in [2.24, 2.45) is 5.92 Å². The highest BCUT2D eigenvalue weighted by Gasteiger charge is 2.39. The monoisotopic (exact) mass is 460 g/mol. The molecule has 1 aliphatic carbocycles. The van der Waals surface area contributed by atoms with Gasteiger partial charge in [0.1, 0.15) is 0 Å². The Labute approximate surface area is 203 Å². The fourth-order valence-electron chi connectivity index (χ4n) is 5.22. The third kappa shape index (κ3) is 6.29. The molecular weight excluding hydrogens is 424 g/mol. The maximum absolute atomic E-state index is 13.4. The van der Waals surface area contributed by atoms with Crippen molar-refractivity contribution in [3.8, 4) is 0 Å². The van der Waals surface area contributed by atoms with Crippen molar-refractivity contribution in [2.45, 2.75) is 31.6 Å². The lowest BCUT2D eigenvalue weighted by atomic mass is 9.71. The van der Waals surface area contributed by atoms with E-state index < -0.39 is 0 Å². The molecule has 5 nitrogen and oxygen atoms in total. The summed E-state index contributed by atoms with van der Waals surface area (Å²) in [4.78, 5) is 31.5. The minimum absolute atomic E-state index is 0.0126. The summed E-state index contributed by atoms with van der Waals surface area (Å²) in [5, 5.41) is 9.10. The van der Waals surface area contributed by atoms with Crippen molar-refractivity contribution in [3.63, 3.8) is 0 Å². The summed E-state index contributed by atoms with van der Waals surface area (Å²) >= 11 is 0. The van der Waals surface area contributed by atoms with E-state index in [1.54, 1.807) is 0 Å². The Hall–Kier alpha value is -2.60. The minimum Gasteiger partial charge on any atom is -0.395 e. The molecule has 2 aromatic rings. The van der Waals surface area contributed by atoms with Crippen LogP contribution in [0.3, 0.4) is 0 Å². The molecule has 1 unspecified atom stereocenters. The maximum atomic E-state index is 13.4. The number of allylic oxidation sites excluding steroid dienone is 2. The normalized spacial score (nSPS) is 23.5. The minimum atomic E-state index is -0.251. The van der Waals surface area contributed by atoms with Crippen molar-refractivity contribution in [1.82, 2.24) is 9.80 Å². The van der Waals surface area contributed by atoms with Crippen molar-refractivity contribution in [2.75, 3.05) is 45.9 Å². The zero-order chi connectivity index (χ0) is 23.8. The molecule has 1 saturated carbocycles. The van der Waals surface area contributed by atoms with E-state index in [1.807, 2.05) is 54.6 Å². The highest BCUT2D eigenvalue weighted by atomic mass is 16.3. The number of hydrogen-bond donors (Lipinski definition) is 1. The quantitative estimate of drug-likeness (QED) is 0.353. The lowest BCUT2D eigenvalue weighted by Crippen LogP contribution is -2.47. The number of Topliss-reactive ketones (excluding diaryl/α,β-unsaturated/α-hetero) is 2. The first-order valence-electron chi connectivity index (χ1n) is 12.6. The standard InChI is InChI=1S/C29H36N2O3/c32-20-19-31-17-15-30(16-18-31)14-8-7-13-26-28(33)25(21-23-9-3-1-4-10-23)22-27(29(26)34)24-11-5-2-6-12-24/h1-6,9-13,25,27,32H,7-8,14-22H2/b26-13-/t25?,27-/m0/s1. The highest BCUT2D eigenvalue weighted by Crippen LogP contribution is 2.36. The molecule has 2 fully saturated rings. The summed E-state index contributed by atoms with van der Waals surface area (Å²) in [5.41, 5.74) is 2.56. The fourth-order valence-corrected chi connectivity index (χ4v) is 5.22. The van der Waals surface area contributed by atoms with Gasteiger partial charge in [0.05, 0.1) is 12.2 Å². The van der Waals surface area contributed by atoms with E-state index in [9.17, 15) is 9.59 Å². The molecule has 0 radical (unpaired) electrons. The molecule has 1 heterocycles. The van der Waals surface area contributed by atoms with Crippen LogP contribution in [-0.4, -0.2) is 72.3 Å². The molecule has 5 heteroatoms. The van der Waals surface area contributed by atoms with Crippen LogP contribution >= 0.6 is 0 Å². The van der Waals surface area contributed by atoms with E-state index in [0.29, 0.717) is 18.4 Å². The molecule has 180 valence electrons. The second-order valence-corrected chi connectivity index (χ2v) is 9.48. The van der Waals surface area contributed by atoms with Gasteiger partial charge in [-0.05, 0) is 43.4 Å². The van der Waals surface area contributed by atoms with Gasteiger partial charge in [-0.3, -0.25) is 14.5 Å². The first kappa shape index (κ1) is 24.5. The molecule has 2 aliphatic rings. The summed E-state index contributed by atoms with van der Waals surface area (Å²) in [5.74, 6) is -0.425. The number of carbonyl (C=O) groups is 2. The van der Waals surface area contributed by atoms with Crippen molar-refractivity contribution < 1.29 is 14.7 Å².